The van der Waals surface area contributed by atoms with E-state index in [1.165, 1.54) is 37.7 Å². The van der Waals surface area contributed by atoms with Crippen molar-refractivity contribution in [3.63, 3.8) is 0 Å². The summed E-state index contributed by atoms with van der Waals surface area (Å²) in [5.41, 5.74) is 2.58. The summed E-state index contributed by atoms with van der Waals surface area (Å²) in [6.07, 6.45) is 6.19. The van der Waals surface area contributed by atoms with Gasteiger partial charge in [-0.25, -0.2) is 4.79 Å². The summed E-state index contributed by atoms with van der Waals surface area (Å²) in [6, 6.07) is 13.8. The van der Waals surface area contributed by atoms with Crippen LogP contribution in [0.15, 0.2) is 36.4 Å². The highest BCUT2D eigenvalue weighted by atomic mass is 16.4. The zero-order valence-electron chi connectivity index (χ0n) is 14.6. The normalized spacial score (nSPS) is 26.0. The highest BCUT2D eigenvalue weighted by Crippen LogP contribution is 2.40. The lowest BCUT2D eigenvalue weighted by Crippen LogP contribution is -2.43. The number of rotatable bonds is 5. The molecule has 2 fully saturated rings. The van der Waals surface area contributed by atoms with Gasteiger partial charge in [-0.15, -0.1) is 0 Å². The maximum atomic E-state index is 11.1. The van der Waals surface area contributed by atoms with Gasteiger partial charge in [0.25, 0.3) is 0 Å². The van der Waals surface area contributed by atoms with Crippen LogP contribution in [-0.2, 0) is 20.0 Å². The van der Waals surface area contributed by atoms with Crippen molar-refractivity contribution in [2.75, 3.05) is 0 Å². The van der Waals surface area contributed by atoms with Gasteiger partial charge in [-0.1, -0.05) is 30.3 Å². The second kappa shape index (κ2) is 6.64. The number of aromatic carboxylic acids is 1. The third-order valence-electron chi connectivity index (χ3n) is 5.89. The molecule has 0 spiro atoms. The molecule has 25 heavy (non-hydrogen) atoms. The van der Waals surface area contributed by atoms with E-state index in [9.17, 15) is 4.79 Å². The summed E-state index contributed by atoms with van der Waals surface area (Å²) >= 11 is 0. The van der Waals surface area contributed by atoms with Crippen molar-refractivity contribution in [1.29, 1.82) is 0 Å². The Bertz CT molecular complexity index is 742. The van der Waals surface area contributed by atoms with Crippen molar-refractivity contribution in [2.45, 2.75) is 50.7 Å². The molecular formula is C20H25N3O2. The molecule has 1 aromatic carbocycles. The number of carboxylic acids is 1. The predicted molar refractivity (Wildman–Crippen MR) is 95.4 cm³/mol. The lowest BCUT2D eigenvalue weighted by Gasteiger charge is -2.39. The van der Waals surface area contributed by atoms with Gasteiger partial charge in [-0.2, -0.15) is 5.10 Å². The van der Waals surface area contributed by atoms with E-state index in [1.807, 2.05) is 7.05 Å². The van der Waals surface area contributed by atoms with Crippen molar-refractivity contribution in [3.8, 4) is 0 Å². The molecule has 0 saturated carbocycles. The van der Waals surface area contributed by atoms with Crippen LogP contribution in [0, 0.1) is 5.92 Å². The van der Waals surface area contributed by atoms with Gasteiger partial charge in [0.15, 0.2) is 5.69 Å². The number of aromatic nitrogens is 2. The number of carbonyl (C=O) groups is 1. The summed E-state index contributed by atoms with van der Waals surface area (Å²) < 4.78 is 1.72. The Labute approximate surface area is 148 Å². The van der Waals surface area contributed by atoms with E-state index < -0.39 is 5.97 Å². The van der Waals surface area contributed by atoms with E-state index >= 15 is 0 Å². The number of fused-ring (bicyclic) bond motifs is 2. The minimum absolute atomic E-state index is 0.142. The number of benzene rings is 1. The number of aryl methyl sites for hydroxylation is 1. The molecule has 1 N–H and O–H groups in total. The van der Waals surface area contributed by atoms with E-state index in [0.717, 1.165) is 18.2 Å². The molecule has 2 aliphatic rings. The van der Waals surface area contributed by atoms with Crippen molar-refractivity contribution < 1.29 is 9.90 Å². The highest BCUT2D eigenvalue weighted by molar-refractivity contribution is 5.85. The van der Waals surface area contributed by atoms with E-state index in [4.69, 9.17) is 5.11 Å². The van der Waals surface area contributed by atoms with E-state index in [0.29, 0.717) is 12.1 Å². The first-order valence-corrected chi connectivity index (χ1v) is 9.16. The fraction of sp³-hybridized carbons (Fsp3) is 0.500. The first kappa shape index (κ1) is 16.3. The number of piperidine rings is 1. The van der Waals surface area contributed by atoms with Gasteiger partial charge in [0.2, 0.25) is 0 Å². The Morgan fingerprint density at radius 1 is 1.20 bits per heavy atom. The first-order valence-electron chi connectivity index (χ1n) is 9.16. The largest absolute Gasteiger partial charge is 0.476 e. The van der Waals surface area contributed by atoms with Crippen molar-refractivity contribution >= 4 is 5.97 Å². The van der Waals surface area contributed by atoms with Crippen LogP contribution >= 0.6 is 0 Å². The highest BCUT2D eigenvalue weighted by Gasteiger charge is 2.40. The Hall–Kier alpha value is -2.14. The van der Waals surface area contributed by atoms with Gasteiger partial charge in [-0.05, 0) is 49.7 Å². The molecule has 3 heterocycles. The fourth-order valence-corrected chi connectivity index (χ4v) is 4.70. The standard InChI is InChI=1S/C20H25N3O2/c1-22-18(12-19(21-22)20(24)25)13-23-16-7-8-17(23)11-15(10-16)9-14-5-3-2-4-6-14/h2-6,12,15-17H,7-11,13H2,1H3,(H,24,25)/t15?,16-,17+. The van der Waals surface area contributed by atoms with Crippen LogP contribution in [0.25, 0.3) is 0 Å². The van der Waals surface area contributed by atoms with Gasteiger partial charge in [-0.3, -0.25) is 9.58 Å². The van der Waals surface area contributed by atoms with Crippen molar-refractivity contribution in [1.82, 2.24) is 14.7 Å². The molecule has 0 amide bonds. The summed E-state index contributed by atoms with van der Waals surface area (Å²) in [5.74, 6) is -0.191. The maximum Gasteiger partial charge on any atom is 0.356 e. The number of hydrogen-bond acceptors (Lipinski definition) is 3. The minimum Gasteiger partial charge on any atom is -0.476 e. The van der Waals surface area contributed by atoms with Gasteiger partial charge in [0.05, 0.1) is 5.69 Å². The average molecular weight is 339 g/mol. The zero-order valence-corrected chi connectivity index (χ0v) is 14.6. The summed E-state index contributed by atoms with van der Waals surface area (Å²) in [4.78, 5) is 13.7. The lowest BCUT2D eigenvalue weighted by atomic mass is 9.85. The Morgan fingerprint density at radius 2 is 1.88 bits per heavy atom. The molecule has 1 aromatic heterocycles. The molecule has 2 aromatic rings. The van der Waals surface area contributed by atoms with Crippen LogP contribution in [0.5, 0.6) is 0 Å². The van der Waals surface area contributed by atoms with E-state index in [1.54, 1.807) is 10.7 Å². The van der Waals surface area contributed by atoms with Crippen LogP contribution in [-0.4, -0.2) is 37.8 Å². The van der Waals surface area contributed by atoms with Crippen LogP contribution in [0.4, 0.5) is 0 Å². The van der Waals surface area contributed by atoms with Gasteiger partial charge < -0.3 is 5.11 Å². The van der Waals surface area contributed by atoms with Crippen LogP contribution in [0.2, 0.25) is 0 Å². The Morgan fingerprint density at radius 3 is 2.48 bits per heavy atom. The molecule has 5 heteroatoms. The van der Waals surface area contributed by atoms with Gasteiger partial charge in [0, 0.05) is 25.7 Å². The van der Waals surface area contributed by atoms with E-state index in [-0.39, 0.29) is 5.69 Å². The number of carboxylic acid groups (broad SMARTS) is 1. The Balaban J connectivity index is 1.43. The zero-order chi connectivity index (χ0) is 17.4. The summed E-state index contributed by atoms with van der Waals surface area (Å²) in [6.45, 7) is 0.810. The number of hydrogen-bond donors (Lipinski definition) is 1. The second-order valence-electron chi connectivity index (χ2n) is 7.53. The third kappa shape index (κ3) is 3.33. The molecule has 2 saturated heterocycles. The minimum atomic E-state index is -0.952. The fourth-order valence-electron chi connectivity index (χ4n) is 4.70. The molecule has 3 atom stereocenters. The molecule has 2 aliphatic heterocycles. The van der Waals surface area contributed by atoms with Gasteiger partial charge >= 0.3 is 5.97 Å². The van der Waals surface area contributed by atoms with Crippen LogP contribution in [0.3, 0.4) is 0 Å². The molecule has 0 aliphatic carbocycles. The monoisotopic (exact) mass is 339 g/mol. The second-order valence-corrected chi connectivity index (χ2v) is 7.53. The molecule has 0 radical (unpaired) electrons. The van der Waals surface area contributed by atoms with Gasteiger partial charge in [0.1, 0.15) is 0 Å². The van der Waals surface area contributed by atoms with Crippen LogP contribution < -0.4 is 0 Å². The SMILES string of the molecule is Cn1nc(C(=O)O)cc1CN1[C@@H]2CC[C@H]1CC(Cc1ccccc1)C2. The third-order valence-corrected chi connectivity index (χ3v) is 5.89. The lowest BCUT2D eigenvalue weighted by molar-refractivity contribution is 0.0689. The molecule has 5 nitrogen and oxygen atoms in total. The van der Waals surface area contributed by atoms with Crippen LogP contribution in [0.1, 0.15) is 47.4 Å². The summed E-state index contributed by atoms with van der Waals surface area (Å²) in [7, 11) is 1.84. The molecular weight excluding hydrogens is 314 g/mol. The predicted octanol–water partition coefficient (Wildman–Crippen LogP) is 3.10. The smallest absolute Gasteiger partial charge is 0.356 e. The number of nitrogens with zero attached hydrogens (tertiary/aromatic N) is 3. The average Bonchev–Trinajstić information content (AvgIpc) is 3.06. The first-order chi connectivity index (χ1) is 12.1. The molecule has 4 rings (SSSR count). The molecule has 2 bridgehead atoms. The maximum absolute atomic E-state index is 11.1. The Kier molecular flexibility index (Phi) is 4.34. The summed E-state index contributed by atoms with van der Waals surface area (Å²) in [5, 5.41) is 13.2. The topological polar surface area (TPSA) is 58.4 Å². The van der Waals surface area contributed by atoms with Crippen molar-refractivity contribution in [2.24, 2.45) is 13.0 Å². The molecule has 1 unspecified atom stereocenters. The quantitative estimate of drug-likeness (QED) is 0.909. The molecule has 132 valence electrons. The van der Waals surface area contributed by atoms with E-state index in [2.05, 4.69) is 40.3 Å². The van der Waals surface area contributed by atoms with Crippen molar-refractivity contribution in [3.05, 3.63) is 53.3 Å².